The van der Waals surface area contributed by atoms with E-state index in [1.54, 1.807) is 19.2 Å². The van der Waals surface area contributed by atoms with Crippen LogP contribution >= 0.6 is 0 Å². The van der Waals surface area contributed by atoms with Crippen LogP contribution < -0.4 is 16.0 Å². The van der Waals surface area contributed by atoms with Crippen molar-refractivity contribution in [2.24, 2.45) is 4.99 Å². The molecule has 1 aliphatic carbocycles. The van der Waals surface area contributed by atoms with Crippen molar-refractivity contribution in [1.29, 1.82) is 0 Å². The lowest BCUT2D eigenvalue weighted by molar-refractivity contribution is 0.0926. The zero-order chi connectivity index (χ0) is 17.5. The fraction of sp³-hybridized carbons (Fsp3) is 0.368. The molecule has 0 bridgehead atoms. The largest absolute Gasteiger partial charge is 0.459 e. The lowest BCUT2D eigenvalue weighted by atomic mass is 9.96. The molecule has 1 heterocycles. The molecule has 0 atom stereocenters. The number of guanidine groups is 1. The summed E-state index contributed by atoms with van der Waals surface area (Å²) < 4.78 is 5.05. The molecule has 0 aliphatic heterocycles. The Kier molecular flexibility index (Phi) is 5.38. The van der Waals surface area contributed by atoms with Gasteiger partial charge in [0.2, 0.25) is 0 Å². The molecule has 25 heavy (non-hydrogen) atoms. The van der Waals surface area contributed by atoms with Gasteiger partial charge >= 0.3 is 0 Å². The summed E-state index contributed by atoms with van der Waals surface area (Å²) in [5.74, 6) is 0.853. The molecule has 0 spiro atoms. The van der Waals surface area contributed by atoms with Gasteiger partial charge in [0.05, 0.1) is 6.26 Å². The molecule has 0 saturated heterocycles. The number of rotatable bonds is 7. The number of hydrogen-bond donors (Lipinski definition) is 3. The third kappa shape index (κ3) is 4.41. The van der Waals surface area contributed by atoms with E-state index in [9.17, 15) is 4.79 Å². The summed E-state index contributed by atoms with van der Waals surface area (Å²) in [5, 5.41) is 9.41. The van der Waals surface area contributed by atoms with Crippen LogP contribution in [0.25, 0.3) is 0 Å². The van der Waals surface area contributed by atoms with Crippen molar-refractivity contribution >= 4 is 11.9 Å². The van der Waals surface area contributed by atoms with Gasteiger partial charge in [0.1, 0.15) is 0 Å². The van der Waals surface area contributed by atoms with Crippen LogP contribution in [0.1, 0.15) is 29.0 Å². The maximum Gasteiger partial charge on any atom is 0.287 e. The van der Waals surface area contributed by atoms with Gasteiger partial charge < -0.3 is 20.4 Å². The Morgan fingerprint density at radius 2 is 1.84 bits per heavy atom. The first-order chi connectivity index (χ1) is 12.2. The predicted octanol–water partition coefficient (Wildman–Crippen LogP) is 1.91. The number of nitrogens with one attached hydrogen (secondary N) is 3. The van der Waals surface area contributed by atoms with Crippen molar-refractivity contribution in [2.45, 2.75) is 18.3 Å². The minimum atomic E-state index is -0.212. The second-order valence-electron chi connectivity index (χ2n) is 6.23. The van der Waals surface area contributed by atoms with E-state index >= 15 is 0 Å². The van der Waals surface area contributed by atoms with Crippen LogP contribution in [0, 0.1) is 0 Å². The van der Waals surface area contributed by atoms with Crippen LogP contribution in [-0.2, 0) is 5.41 Å². The number of benzene rings is 1. The van der Waals surface area contributed by atoms with Crippen LogP contribution in [0.2, 0.25) is 0 Å². The summed E-state index contributed by atoms with van der Waals surface area (Å²) in [6, 6.07) is 13.9. The van der Waals surface area contributed by atoms with Gasteiger partial charge in [-0.15, -0.1) is 0 Å². The van der Waals surface area contributed by atoms with Crippen LogP contribution in [0.15, 0.2) is 58.1 Å². The number of aliphatic imine (C=N–C) groups is 1. The summed E-state index contributed by atoms with van der Waals surface area (Å²) in [6.07, 6.45) is 3.87. The number of furan rings is 1. The monoisotopic (exact) mass is 340 g/mol. The normalized spacial score (nSPS) is 15.5. The summed E-state index contributed by atoms with van der Waals surface area (Å²) in [6.45, 7) is 1.93. The summed E-state index contributed by atoms with van der Waals surface area (Å²) in [5.41, 5.74) is 1.61. The SMILES string of the molecule is CN=C(NCCNC(=O)c1ccco1)NCC1(c2ccccc2)CC1. The van der Waals surface area contributed by atoms with Crippen LogP contribution in [-0.4, -0.2) is 38.5 Å². The highest BCUT2D eigenvalue weighted by atomic mass is 16.3. The zero-order valence-electron chi connectivity index (χ0n) is 14.4. The van der Waals surface area contributed by atoms with Gasteiger partial charge in [0, 0.05) is 32.1 Å². The number of amides is 1. The Labute approximate surface area is 147 Å². The van der Waals surface area contributed by atoms with Crippen molar-refractivity contribution in [3.8, 4) is 0 Å². The maximum absolute atomic E-state index is 11.8. The first kappa shape index (κ1) is 17.1. The Morgan fingerprint density at radius 3 is 2.48 bits per heavy atom. The zero-order valence-corrected chi connectivity index (χ0v) is 14.4. The van der Waals surface area contributed by atoms with Gasteiger partial charge in [-0.2, -0.15) is 0 Å². The minimum absolute atomic E-state index is 0.212. The van der Waals surface area contributed by atoms with Gasteiger partial charge in [0.25, 0.3) is 5.91 Å². The molecule has 3 N–H and O–H groups in total. The first-order valence-corrected chi connectivity index (χ1v) is 8.55. The van der Waals surface area contributed by atoms with Crippen molar-refractivity contribution in [3.63, 3.8) is 0 Å². The second-order valence-corrected chi connectivity index (χ2v) is 6.23. The van der Waals surface area contributed by atoms with Crippen LogP contribution in [0.5, 0.6) is 0 Å². The average Bonchev–Trinajstić information content (AvgIpc) is 3.24. The number of hydrogen-bond acceptors (Lipinski definition) is 3. The maximum atomic E-state index is 11.8. The average molecular weight is 340 g/mol. The lowest BCUT2D eigenvalue weighted by Crippen LogP contribution is -2.44. The third-order valence-electron chi connectivity index (χ3n) is 4.51. The molecule has 1 aliphatic rings. The molecule has 132 valence electrons. The lowest BCUT2D eigenvalue weighted by Gasteiger charge is -2.19. The Bertz CT molecular complexity index is 706. The van der Waals surface area contributed by atoms with Gasteiger partial charge in [0.15, 0.2) is 11.7 Å². The highest BCUT2D eigenvalue weighted by Gasteiger charge is 2.43. The van der Waals surface area contributed by atoms with E-state index in [4.69, 9.17) is 4.42 Å². The number of carbonyl (C=O) groups is 1. The molecule has 6 heteroatoms. The number of nitrogens with zero attached hydrogens (tertiary/aromatic N) is 1. The van der Waals surface area contributed by atoms with E-state index in [1.807, 2.05) is 6.07 Å². The minimum Gasteiger partial charge on any atom is -0.459 e. The standard InChI is InChI=1S/C19H24N4O2/c1-20-18(22-12-11-21-17(24)16-8-5-13-25-16)23-14-19(9-10-19)15-6-3-2-4-7-15/h2-8,13H,9-12,14H2,1H3,(H,21,24)(H2,20,22,23). The Morgan fingerprint density at radius 1 is 1.08 bits per heavy atom. The first-order valence-electron chi connectivity index (χ1n) is 8.55. The van der Waals surface area contributed by atoms with Crippen molar-refractivity contribution in [3.05, 3.63) is 60.1 Å². The van der Waals surface area contributed by atoms with Gasteiger partial charge in [-0.1, -0.05) is 30.3 Å². The van der Waals surface area contributed by atoms with E-state index in [0.717, 1.165) is 12.5 Å². The Hall–Kier alpha value is -2.76. The molecule has 2 aromatic rings. The molecular formula is C19H24N4O2. The van der Waals surface area contributed by atoms with E-state index in [0.29, 0.717) is 18.8 Å². The number of carbonyl (C=O) groups excluding carboxylic acids is 1. The molecule has 1 aromatic carbocycles. The quantitative estimate of drug-likeness (QED) is 0.409. The molecule has 1 saturated carbocycles. The molecule has 1 amide bonds. The van der Waals surface area contributed by atoms with Crippen LogP contribution in [0.3, 0.4) is 0 Å². The van der Waals surface area contributed by atoms with Gasteiger partial charge in [-0.3, -0.25) is 9.79 Å². The topological polar surface area (TPSA) is 78.7 Å². The van der Waals surface area contributed by atoms with Gasteiger partial charge in [-0.25, -0.2) is 0 Å². The molecule has 1 aromatic heterocycles. The van der Waals surface area contributed by atoms with E-state index in [2.05, 4.69) is 45.2 Å². The fourth-order valence-corrected chi connectivity index (χ4v) is 2.84. The smallest absolute Gasteiger partial charge is 0.287 e. The van der Waals surface area contributed by atoms with E-state index in [1.165, 1.54) is 24.7 Å². The highest BCUT2D eigenvalue weighted by Crippen LogP contribution is 2.47. The third-order valence-corrected chi connectivity index (χ3v) is 4.51. The summed E-state index contributed by atoms with van der Waals surface area (Å²) in [4.78, 5) is 16.0. The molecule has 6 nitrogen and oxygen atoms in total. The van der Waals surface area contributed by atoms with Crippen molar-refractivity contribution in [1.82, 2.24) is 16.0 Å². The van der Waals surface area contributed by atoms with E-state index in [-0.39, 0.29) is 11.3 Å². The second kappa shape index (κ2) is 7.88. The van der Waals surface area contributed by atoms with Gasteiger partial charge in [-0.05, 0) is 30.5 Å². The predicted molar refractivity (Wildman–Crippen MR) is 97.8 cm³/mol. The summed E-state index contributed by atoms with van der Waals surface area (Å²) in [7, 11) is 1.75. The molecule has 0 radical (unpaired) electrons. The summed E-state index contributed by atoms with van der Waals surface area (Å²) >= 11 is 0. The van der Waals surface area contributed by atoms with Crippen molar-refractivity contribution < 1.29 is 9.21 Å². The molecular weight excluding hydrogens is 316 g/mol. The Balaban J connectivity index is 1.39. The molecule has 3 rings (SSSR count). The molecule has 0 unspecified atom stereocenters. The van der Waals surface area contributed by atoms with Crippen LogP contribution in [0.4, 0.5) is 0 Å². The fourth-order valence-electron chi connectivity index (χ4n) is 2.84. The van der Waals surface area contributed by atoms with Crippen molar-refractivity contribution in [2.75, 3.05) is 26.7 Å². The molecule has 1 fully saturated rings. The van der Waals surface area contributed by atoms with E-state index < -0.39 is 0 Å². The highest BCUT2D eigenvalue weighted by molar-refractivity contribution is 5.91.